The first-order valence-corrected chi connectivity index (χ1v) is 6.27. The molecule has 1 amide bonds. The van der Waals surface area contributed by atoms with Gasteiger partial charge in [0.1, 0.15) is 5.69 Å². The van der Waals surface area contributed by atoms with Gasteiger partial charge in [0, 0.05) is 38.1 Å². The monoisotopic (exact) mass is 252 g/mol. The van der Waals surface area contributed by atoms with Crippen LogP contribution < -0.4 is 5.73 Å². The molecule has 6 heteroatoms. The number of aliphatic hydroxyl groups excluding tert-OH is 1. The zero-order chi connectivity index (χ0) is 13.0. The van der Waals surface area contributed by atoms with Crippen molar-refractivity contribution in [1.82, 2.24) is 14.8 Å². The first-order valence-electron chi connectivity index (χ1n) is 6.27. The molecule has 1 saturated heterocycles. The molecule has 1 aromatic heterocycles. The Bertz CT molecular complexity index is 405. The van der Waals surface area contributed by atoms with Crippen LogP contribution in [0.25, 0.3) is 0 Å². The summed E-state index contributed by atoms with van der Waals surface area (Å²) in [5.74, 6) is -0.00227. The first-order chi connectivity index (χ1) is 8.70. The molecule has 0 spiro atoms. The molecule has 0 saturated carbocycles. The fraction of sp³-hybridized carbons (Fsp3) is 0.583. The summed E-state index contributed by atoms with van der Waals surface area (Å²) >= 11 is 0. The second-order valence-corrected chi connectivity index (χ2v) is 4.56. The number of H-pyrrole nitrogens is 1. The van der Waals surface area contributed by atoms with E-state index in [2.05, 4.69) is 9.88 Å². The Balaban J connectivity index is 1.95. The molecule has 2 rings (SSSR count). The number of hydrogen-bond donors (Lipinski definition) is 3. The lowest BCUT2D eigenvalue weighted by Crippen LogP contribution is -2.36. The maximum Gasteiger partial charge on any atom is 0.270 e. The minimum absolute atomic E-state index is 0.00227. The third-order valence-corrected chi connectivity index (χ3v) is 3.23. The van der Waals surface area contributed by atoms with Gasteiger partial charge in [-0.15, -0.1) is 0 Å². The molecular formula is C12H20N4O2. The highest BCUT2D eigenvalue weighted by molar-refractivity contribution is 5.93. The van der Waals surface area contributed by atoms with E-state index in [1.807, 2.05) is 4.90 Å². The molecule has 1 aliphatic heterocycles. The number of amides is 1. The third-order valence-electron chi connectivity index (χ3n) is 3.23. The van der Waals surface area contributed by atoms with E-state index in [9.17, 15) is 4.79 Å². The molecule has 0 radical (unpaired) electrons. The van der Waals surface area contributed by atoms with Crippen LogP contribution in [-0.4, -0.2) is 65.1 Å². The molecule has 0 atom stereocenters. The van der Waals surface area contributed by atoms with Crippen LogP contribution in [0.5, 0.6) is 0 Å². The Morgan fingerprint density at radius 3 is 2.89 bits per heavy atom. The number of aliphatic hydroxyl groups is 1. The van der Waals surface area contributed by atoms with Crippen molar-refractivity contribution in [2.24, 2.45) is 0 Å². The highest BCUT2D eigenvalue weighted by Gasteiger charge is 2.20. The second-order valence-electron chi connectivity index (χ2n) is 4.56. The zero-order valence-electron chi connectivity index (χ0n) is 10.4. The van der Waals surface area contributed by atoms with Crippen LogP contribution in [0.3, 0.4) is 0 Å². The number of anilines is 1. The van der Waals surface area contributed by atoms with E-state index in [4.69, 9.17) is 10.8 Å². The number of aromatic nitrogens is 1. The Morgan fingerprint density at radius 1 is 1.39 bits per heavy atom. The summed E-state index contributed by atoms with van der Waals surface area (Å²) in [6.45, 7) is 4.02. The van der Waals surface area contributed by atoms with Crippen molar-refractivity contribution in [1.29, 1.82) is 0 Å². The predicted octanol–water partition coefficient (Wildman–Crippen LogP) is -0.263. The minimum atomic E-state index is -0.00227. The molecule has 0 unspecified atom stereocenters. The van der Waals surface area contributed by atoms with Gasteiger partial charge in [-0.2, -0.15) is 0 Å². The van der Waals surface area contributed by atoms with Crippen LogP contribution in [-0.2, 0) is 0 Å². The number of nitrogen functional groups attached to an aromatic ring is 1. The number of carbonyl (C=O) groups is 1. The summed E-state index contributed by atoms with van der Waals surface area (Å²) in [6.07, 6.45) is 2.56. The van der Waals surface area contributed by atoms with Crippen molar-refractivity contribution in [2.45, 2.75) is 6.42 Å². The number of carbonyl (C=O) groups excluding carboxylic acids is 1. The van der Waals surface area contributed by atoms with Gasteiger partial charge in [0.2, 0.25) is 0 Å². The molecule has 0 aromatic carbocycles. The van der Waals surface area contributed by atoms with Gasteiger partial charge in [0.05, 0.1) is 6.61 Å². The van der Waals surface area contributed by atoms with E-state index in [0.717, 1.165) is 26.1 Å². The molecule has 18 heavy (non-hydrogen) atoms. The largest absolute Gasteiger partial charge is 0.397 e. The third kappa shape index (κ3) is 3.02. The van der Waals surface area contributed by atoms with Crippen molar-refractivity contribution in [2.75, 3.05) is 45.1 Å². The van der Waals surface area contributed by atoms with Gasteiger partial charge in [-0.05, 0) is 19.0 Å². The molecule has 6 nitrogen and oxygen atoms in total. The molecule has 4 N–H and O–H groups in total. The number of nitrogens with one attached hydrogen (secondary N) is 1. The predicted molar refractivity (Wildman–Crippen MR) is 69.3 cm³/mol. The summed E-state index contributed by atoms with van der Waals surface area (Å²) in [5.41, 5.74) is 6.72. The van der Waals surface area contributed by atoms with E-state index >= 15 is 0 Å². The van der Waals surface area contributed by atoms with E-state index in [0.29, 0.717) is 24.5 Å². The van der Waals surface area contributed by atoms with Crippen molar-refractivity contribution >= 4 is 11.6 Å². The molecule has 0 bridgehead atoms. The van der Waals surface area contributed by atoms with Crippen molar-refractivity contribution in [3.63, 3.8) is 0 Å². The first kappa shape index (κ1) is 12.9. The highest BCUT2D eigenvalue weighted by atomic mass is 16.3. The fourth-order valence-corrected chi connectivity index (χ4v) is 2.24. The lowest BCUT2D eigenvalue weighted by molar-refractivity contribution is 0.0755. The minimum Gasteiger partial charge on any atom is -0.397 e. The van der Waals surface area contributed by atoms with Crippen LogP contribution in [0.4, 0.5) is 5.69 Å². The lowest BCUT2D eigenvalue weighted by Gasteiger charge is -2.20. The SMILES string of the molecule is Nc1c[nH]c(C(=O)N2CCCN(CCO)CC2)c1. The average Bonchev–Trinajstić information content (AvgIpc) is 2.65. The summed E-state index contributed by atoms with van der Waals surface area (Å²) in [4.78, 5) is 19.1. The summed E-state index contributed by atoms with van der Waals surface area (Å²) in [6, 6.07) is 1.67. The van der Waals surface area contributed by atoms with Gasteiger partial charge in [-0.1, -0.05) is 0 Å². The number of rotatable bonds is 3. The normalized spacial score (nSPS) is 17.7. The second kappa shape index (κ2) is 5.88. The van der Waals surface area contributed by atoms with Gasteiger partial charge in [0.15, 0.2) is 0 Å². The van der Waals surface area contributed by atoms with Crippen molar-refractivity contribution in [3.8, 4) is 0 Å². The average molecular weight is 252 g/mol. The Kier molecular flexibility index (Phi) is 4.22. The maximum absolute atomic E-state index is 12.2. The number of β-amino-alcohol motifs (C(OH)–C–C–N with tert-alkyl or cyclic N) is 1. The summed E-state index contributed by atoms with van der Waals surface area (Å²) in [5, 5.41) is 8.93. The van der Waals surface area contributed by atoms with Crippen molar-refractivity contribution in [3.05, 3.63) is 18.0 Å². The van der Waals surface area contributed by atoms with E-state index < -0.39 is 0 Å². The molecule has 100 valence electrons. The zero-order valence-corrected chi connectivity index (χ0v) is 10.4. The van der Waals surface area contributed by atoms with E-state index in [1.54, 1.807) is 12.3 Å². The van der Waals surface area contributed by atoms with Gasteiger partial charge < -0.3 is 20.7 Å². The number of aromatic amines is 1. The van der Waals surface area contributed by atoms with Gasteiger partial charge in [-0.25, -0.2) is 0 Å². The van der Waals surface area contributed by atoms with E-state index in [1.165, 1.54) is 0 Å². The maximum atomic E-state index is 12.2. The Morgan fingerprint density at radius 2 is 2.22 bits per heavy atom. The summed E-state index contributed by atoms with van der Waals surface area (Å²) in [7, 11) is 0. The molecule has 1 aromatic rings. The van der Waals surface area contributed by atoms with Gasteiger partial charge in [0.25, 0.3) is 5.91 Å². The molecule has 1 aliphatic rings. The topological polar surface area (TPSA) is 85.6 Å². The highest BCUT2D eigenvalue weighted by Crippen LogP contribution is 2.10. The Labute approximate surface area is 106 Å². The lowest BCUT2D eigenvalue weighted by atomic mass is 10.3. The van der Waals surface area contributed by atoms with Crippen LogP contribution >= 0.6 is 0 Å². The standard InChI is InChI=1S/C12H20N4O2/c13-10-8-11(14-9-10)12(18)16-3-1-2-15(4-5-16)6-7-17/h8-9,14,17H,1-7,13H2. The smallest absolute Gasteiger partial charge is 0.270 e. The van der Waals surface area contributed by atoms with Crippen LogP contribution in [0.15, 0.2) is 12.3 Å². The Hall–Kier alpha value is -1.53. The van der Waals surface area contributed by atoms with E-state index in [-0.39, 0.29) is 12.5 Å². The number of hydrogen-bond acceptors (Lipinski definition) is 4. The molecule has 2 heterocycles. The molecule has 0 aliphatic carbocycles. The van der Waals surface area contributed by atoms with Crippen LogP contribution in [0, 0.1) is 0 Å². The quantitative estimate of drug-likeness (QED) is 0.691. The van der Waals surface area contributed by atoms with Gasteiger partial charge in [-0.3, -0.25) is 9.69 Å². The molecular weight excluding hydrogens is 232 g/mol. The van der Waals surface area contributed by atoms with Crippen LogP contribution in [0.2, 0.25) is 0 Å². The molecule has 1 fully saturated rings. The number of nitrogens with zero attached hydrogens (tertiary/aromatic N) is 2. The number of nitrogens with two attached hydrogens (primary N) is 1. The van der Waals surface area contributed by atoms with Crippen LogP contribution in [0.1, 0.15) is 16.9 Å². The fourth-order valence-electron chi connectivity index (χ4n) is 2.24. The van der Waals surface area contributed by atoms with Gasteiger partial charge >= 0.3 is 0 Å². The van der Waals surface area contributed by atoms with Crippen molar-refractivity contribution < 1.29 is 9.90 Å². The summed E-state index contributed by atoms with van der Waals surface area (Å²) < 4.78 is 0.